The maximum atomic E-state index is 11.8. The SMILES string of the molecule is C=C(C)C(=O)c1cccc2cnccc12. The van der Waals surface area contributed by atoms with Crippen LogP contribution in [0.25, 0.3) is 10.8 Å². The number of nitrogens with zero attached hydrogens (tertiary/aromatic N) is 1. The van der Waals surface area contributed by atoms with Gasteiger partial charge in [-0.25, -0.2) is 0 Å². The van der Waals surface area contributed by atoms with E-state index in [1.165, 1.54) is 0 Å². The van der Waals surface area contributed by atoms with E-state index in [0.29, 0.717) is 11.1 Å². The quantitative estimate of drug-likeness (QED) is 0.547. The standard InChI is InChI=1S/C13H11NO/c1-9(2)13(15)12-5-3-4-10-8-14-7-6-11(10)12/h3-8H,1H2,2H3. The van der Waals surface area contributed by atoms with Crippen molar-refractivity contribution in [2.45, 2.75) is 6.92 Å². The largest absolute Gasteiger partial charge is 0.289 e. The highest BCUT2D eigenvalue weighted by Gasteiger charge is 2.09. The number of allylic oxidation sites excluding steroid dienone is 1. The second-order valence-corrected chi connectivity index (χ2v) is 3.51. The van der Waals surface area contributed by atoms with Gasteiger partial charge in [0, 0.05) is 23.3 Å². The number of ketones is 1. The number of pyridine rings is 1. The van der Waals surface area contributed by atoms with E-state index in [-0.39, 0.29) is 5.78 Å². The first kappa shape index (κ1) is 9.59. The van der Waals surface area contributed by atoms with Crippen LogP contribution in [0.15, 0.2) is 48.8 Å². The van der Waals surface area contributed by atoms with E-state index in [2.05, 4.69) is 11.6 Å². The molecule has 0 bridgehead atoms. The highest BCUT2D eigenvalue weighted by molar-refractivity contribution is 6.15. The molecule has 2 nitrogen and oxygen atoms in total. The van der Waals surface area contributed by atoms with Crippen molar-refractivity contribution in [2.75, 3.05) is 0 Å². The Morgan fingerprint density at radius 2 is 2.13 bits per heavy atom. The van der Waals surface area contributed by atoms with Crippen LogP contribution in [0, 0.1) is 0 Å². The molecule has 0 atom stereocenters. The first-order valence-electron chi connectivity index (χ1n) is 4.73. The molecule has 1 heterocycles. The van der Waals surface area contributed by atoms with Gasteiger partial charge in [0.05, 0.1) is 0 Å². The van der Waals surface area contributed by atoms with Crippen LogP contribution in [0.5, 0.6) is 0 Å². The summed E-state index contributed by atoms with van der Waals surface area (Å²) in [6.45, 7) is 5.40. The zero-order valence-electron chi connectivity index (χ0n) is 8.53. The highest BCUT2D eigenvalue weighted by atomic mass is 16.1. The Morgan fingerprint density at radius 1 is 1.33 bits per heavy atom. The number of aromatic nitrogens is 1. The number of rotatable bonds is 2. The number of hydrogen-bond acceptors (Lipinski definition) is 2. The summed E-state index contributed by atoms with van der Waals surface area (Å²) in [5.74, 6) is -0.00759. The van der Waals surface area contributed by atoms with Gasteiger partial charge < -0.3 is 0 Å². The summed E-state index contributed by atoms with van der Waals surface area (Å²) in [5, 5.41) is 1.91. The number of Topliss-reactive ketones (excluding diaryl/α,β-unsaturated/α-hetero) is 1. The molecule has 0 amide bonds. The summed E-state index contributed by atoms with van der Waals surface area (Å²) < 4.78 is 0. The molecule has 0 saturated carbocycles. The van der Waals surface area contributed by atoms with E-state index < -0.39 is 0 Å². The van der Waals surface area contributed by atoms with Crippen molar-refractivity contribution in [1.82, 2.24) is 4.98 Å². The lowest BCUT2D eigenvalue weighted by Crippen LogP contribution is -2.00. The predicted octanol–water partition coefficient (Wildman–Crippen LogP) is 2.99. The summed E-state index contributed by atoms with van der Waals surface area (Å²) in [6, 6.07) is 7.47. The van der Waals surface area contributed by atoms with Crippen LogP contribution >= 0.6 is 0 Å². The van der Waals surface area contributed by atoms with Crippen molar-refractivity contribution in [3.8, 4) is 0 Å². The van der Waals surface area contributed by atoms with Gasteiger partial charge >= 0.3 is 0 Å². The number of hydrogen-bond donors (Lipinski definition) is 0. The van der Waals surface area contributed by atoms with Crippen LogP contribution in [-0.4, -0.2) is 10.8 Å². The molecule has 0 aliphatic rings. The number of fused-ring (bicyclic) bond motifs is 1. The molecule has 0 spiro atoms. The van der Waals surface area contributed by atoms with Crippen molar-refractivity contribution in [3.63, 3.8) is 0 Å². The van der Waals surface area contributed by atoms with E-state index in [9.17, 15) is 4.79 Å². The average Bonchev–Trinajstić information content (AvgIpc) is 2.27. The fraction of sp³-hybridized carbons (Fsp3) is 0.0769. The fourth-order valence-corrected chi connectivity index (χ4v) is 1.55. The molecule has 15 heavy (non-hydrogen) atoms. The molecule has 1 aromatic heterocycles. The molecule has 0 N–H and O–H groups in total. The van der Waals surface area contributed by atoms with Gasteiger partial charge in [-0.1, -0.05) is 24.8 Å². The Labute approximate surface area is 88.3 Å². The van der Waals surface area contributed by atoms with Crippen LogP contribution in [0.3, 0.4) is 0 Å². The van der Waals surface area contributed by atoms with Gasteiger partial charge in [0.15, 0.2) is 5.78 Å². The molecule has 0 unspecified atom stereocenters. The smallest absolute Gasteiger partial charge is 0.188 e. The monoisotopic (exact) mass is 197 g/mol. The van der Waals surface area contributed by atoms with Crippen molar-refractivity contribution in [1.29, 1.82) is 0 Å². The third-order valence-corrected chi connectivity index (χ3v) is 2.31. The van der Waals surface area contributed by atoms with Gasteiger partial charge in [-0.3, -0.25) is 9.78 Å². The Balaban J connectivity index is 2.71. The Morgan fingerprint density at radius 3 is 2.87 bits per heavy atom. The van der Waals surface area contributed by atoms with Crippen LogP contribution in [0.4, 0.5) is 0 Å². The lowest BCUT2D eigenvalue weighted by Gasteiger charge is -2.04. The maximum absolute atomic E-state index is 11.8. The Hall–Kier alpha value is -1.96. The van der Waals surface area contributed by atoms with Crippen molar-refractivity contribution < 1.29 is 4.79 Å². The lowest BCUT2D eigenvalue weighted by atomic mass is 10.00. The molecule has 1 aromatic carbocycles. The first-order chi connectivity index (χ1) is 7.20. The molecule has 2 aromatic rings. The molecule has 74 valence electrons. The minimum atomic E-state index is -0.00759. The average molecular weight is 197 g/mol. The van der Waals surface area contributed by atoms with Crippen LogP contribution < -0.4 is 0 Å². The van der Waals surface area contributed by atoms with E-state index >= 15 is 0 Å². The van der Waals surface area contributed by atoms with Gasteiger partial charge in [0.1, 0.15) is 0 Å². The van der Waals surface area contributed by atoms with E-state index in [0.717, 1.165) is 10.8 Å². The molecule has 0 fully saturated rings. The molecular weight excluding hydrogens is 186 g/mol. The predicted molar refractivity (Wildman–Crippen MR) is 60.9 cm³/mol. The molecule has 2 rings (SSSR count). The molecule has 0 aliphatic heterocycles. The van der Waals surface area contributed by atoms with Crippen molar-refractivity contribution in [3.05, 3.63) is 54.4 Å². The Kier molecular flexibility index (Phi) is 2.34. The third-order valence-electron chi connectivity index (χ3n) is 2.31. The summed E-state index contributed by atoms with van der Waals surface area (Å²) in [5.41, 5.74) is 1.25. The summed E-state index contributed by atoms with van der Waals surface area (Å²) in [6.07, 6.45) is 3.45. The zero-order chi connectivity index (χ0) is 10.8. The minimum absolute atomic E-state index is 0.00759. The van der Waals surface area contributed by atoms with Crippen molar-refractivity contribution >= 4 is 16.6 Å². The third kappa shape index (κ3) is 1.66. The molecular formula is C13H11NO. The molecule has 0 aliphatic carbocycles. The maximum Gasteiger partial charge on any atom is 0.188 e. The lowest BCUT2D eigenvalue weighted by molar-refractivity contribution is 0.103. The number of benzene rings is 1. The van der Waals surface area contributed by atoms with Gasteiger partial charge in [0.25, 0.3) is 0 Å². The van der Waals surface area contributed by atoms with Gasteiger partial charge in [-0.2, -0.15) is 0 Å². The number of carbonyl (C=O) groups is 1. The second-order valence-electron chi connectivity index (χ2n) is 3.51. The van der Waals surface area contributed by atoms with Gasteiger partial charge in [0.2, 0.25) is 0 Å². The van der Waals surface area contributed by atoms with Crippen LogP contribution in [0.1, 0.15) is 17.3 Å². The van der Waals surface area contributed by atoms with Gasteiger partial charge in [-0.05, 0) is 23.9 Å². The fourth-order valence-electron chi connectivity index (χ4n) is 1.55. The van der Waals surface area contributed by atoms with Gasteiger partial charge in [-0.15, -0.1) is 0 Å². The summed E-state index contributed by atoms with van der Waals surface area (Å²) >= 11 is 0. The summed E-state index contributed by atoms with van der Waals surface area (Å²) in [4.78, 5) is 15.9. The van der Waals surface area contributed by atoms with Crippen LogP contribution in [0.2, 0.25) is 0 Å². The van der Waals surface area contributed by atoms with Crippen molar-refractivity contribution in [2.24, 2.45) is 0 Å². The van der Waals surface area contributed by atoms with E-state index in [1.54, 1.807) is 19.3 Å². The van der Waals surface area contributed by atoms with Crippen LogP contribution in [-0.2, 0) is 0 Å². The molecule has 2 heteroatoms. The summed E-state index contributed by atoms with van der Waals surface area (Å²) in [7, 11) is 0. The highest BCUT2D eigenvalue weighted by Crippen LogP contribution is 2.19. The normalized spacial score (nSPS) is 10.2. The zero-order valence-corrected chi connectivity index (χ0v) is 8.53. The minimum Gasteiger partial charge on any atom is -0.289 e. The second kappa shape index (κ2) is 3.65. The topological polar surface area (TPSA) is 30.0 Å². The molecule has 0 radical (unpaired) electrons. The number of carbonyl (C=O) groups excluding carboxylic acids is 1. The van der Waals surface area contributed by atoms with E-state index in [1.807, 2.05) is 24.3 Å². The van der Waals surface area contributed by atoms with E-state index in [4.69, 9.17) is 0 Å². The molecule has 0 saturated heterocycles. The Bertz CT molecular complexity index is 538. The first-order valence-corrected chi connectivity index (χ1v) is 4.73.